The molecule has 11 aromatic rings. The van der Waals surface area contributed by atoms with Gasteiger partial charge in [0.15, 0.2) is 23.1 Å². The Bertz CT molecular complexity index is 3320. The third kappa shape index (κ3) is 5.10. The second-order valence-electron chi connectivity index (χ2n) is 14.4. The van der Waals surface area contributed by atoms with Crippen LogP contribution in [0.15, 0.2) is 202 Å². The van der Waals surface area contributed by atoms with Gasteiger partial charge in [-0.2, -0.15) is 0 Å². The molecule has 6 nitrogen and oxygen atoms in total. The third-order valence-corrected chi connectivity index (χ3v) is 12.1. The summed E-state index contributed by atoms with van der Waals surface area (Å²) < 4.78 is 9.46. The lowest BCUT2D eigenvalue weighted by atomic mass is 10.1. The number of nitrogens with zero attached hydrogens (tertiary/aromatic N) is 5. The van der Waals surface area contributed by atoms with Crippen molar-refractivity contribution in [1.29, 1.82) is 0 Å². The second kappa shape index (κ2) is 13.0. The van der Waals surface area contributed by atoms with E-state index in [9.17, 15) is 0 Å². The molecule has 4 heterocycles. The van der Waals surface area contributed by atoms with Crippen molar-refractivity contribution in [3.63, 3.8) is 0 Å². The van der Waals surface area contributed by atoms with Gasteiger partial charge in [-0.3, -0.25) is 0 Å². The van der Waals surface area contributed by atoms with Crippen molar-refractivity contribution < 1.29 is 4.42 Å². The van der Waals surface area contributed by atoms with Gasteiger partial charge in [0, 0.05) is 48.2 Å². The number of benzene rings is 8. The van der Waals surface area contributed by atoms with Crippen LogP contribution in [0.1, 0.15) is 0 Å². The molecule has 0 saturated heterocycles. The van der Waals surface area contributed by atoms with Crippen LogP contribution in [-0.2, 0) is 0 Å². The molecule has 3 aromatic heterocycles. The van der Waals surface area contributed by atoms with Gasteiger partial charge in [0.1, 0.15) is 5.58 Å². The molecule has 58 heavy (non-hydrogen) atoms. The quantitative estimate of drug-likeness (QED) is 0.174. The van der Waals surface area contributed by atoms with Gasteiger partial charge in [0.2, 0.25) is 0 Å². The van der Waals surface area contributed by atoms with Crippen molar-refractivity contribution in [3.05, 3.63) is 188 Å². The van der Waals surface area contributed by atoms with Crippen molar-refractivity contribution in [2.75, 3.05) is 4.90 Å². The summed E-state index contributed by atoms with van der Waals surface area (Å²) in [5.74, 6) is 1.77. The fourth-order valence-electron chi connectivity index (χ4n) is 8.42. The van der Waals surface area contributed by atoms with Gasteiger partial charge in [0.25, 0.3) is 0 Å². The van der Waals surface area contributed by atoms with Crippen LogP contribution in [0, 0.1) is 0 Å². The standard InChI is InChI=1S/C51H31N5OS/c1-4-16-32(17-5-1)49-52-50(33-18-6-2-7-19-33)54-51(53-49)38-25-14-23-36-37-24-15-28-42(48(37)57-47(36)38)56-40-26-11-10-22-35(40)39-30-46-44(31-43(39)56)55(34-20-8-3-9-21-34)41-27-12-13-29-45(41)58-46/h1-31H. The van der Waals surface area contributed by atoms with Crippen molar-refractivity contribution >= 4 is 72.6 Å². The number of fused-ring (bicyclic) bond motifs is 8. The Hall–Kier alpha value is -7.48. The molecule has 12 rings (SSSR count). The zero-order valence-electron chi connectivity index (χ0n) is 31.0. The molecule has 0 atom stereocenters. The van der Waals surface area contributed by atoms with E-state index >= 15 is 0 Å². The summed E-state index contributed by atoms with van der Waals surface area (Å²) in [6, 6.07) is 65.5. The first-order chi connectivity index (χ1) is 28.8. The molecule has 0 saturated carbocycles. The highest BCUT2D eigenvalue weighted by molar-refractivity contribution is 7.99. The summed E-state index contributed by atoms with van der Waals surface area (Å²) in [5.41, 5.74) is 10.8. The first-order valence-corrected chi connectivity index (χ1v) is 20.1. The van der Waals surface area contributed by atoms with Gasteiger partial charge in [-0.25, -0.2) is 15.0 Å². The lowest BCUT2D eigenvalue weighted by Gasteiger charge is -2.33. The summed E-state index contributed by atoms with van der Waals surface area (Å²) in [5, 5.41) is 4.40. The summed E-state index contributed by atoms with van der Waals surface area (Å²) in [4.78, 5) is 19.9. The zero-order valence-corrected chi connectivity index (χ0v) is 31.8. The molecular weight excluding hydrogens is 731 g/mol. The molecule has 0 radical (unpaired) electrons. The maximum Gasteiger partial charge on any atom is 0.167 e. The minimum absolute atomic E-state index is 0.557. The van der Waals surface area contributed by atoms with Gasteiger partial charge in [0.05, 0.1) is 33.7 Å². The Morgan fingerprint density at radius 1 is 0.397 bits per heavy atom. The minimum Gasteiger partial charge on any atom is -0.453 e. The normalized spacial score (nSPS) is 12.4. The largest absolute Gasteiger partial charge is 0.453 e. The molecule has 0 fully saturated rings. The summed E-state index contributed by atoms with van der Waals surface area (Å²) in [6.07, 6.45) is 0. The van der Waals surface area contributed by atoms with E-state index in [2.05, 4.69) is 131 Å². The summed E-state index contributed by atoms with van der Waals surface area (Å²) in [6.45, 7) is 0. The van der Waals surface area contributed by atoms with Crippen molar-refractivity contribution in [2.45, 2.75) is 9.79 Å². The first kappa shape index (κ1) is 32.7. The van der Waals surface area contributed by atoms with E-state index in [0.29, 0.717) is 17.5 Å². The van der Waals surface area contributed by atoms with Crippen LogP contribution < -0.4 is 4.90 Å². The molecule has 7 heteroatoms. The predicted octanol–water partition coefficient (Wildman–Crippen LogP) is 13.8. The molecule has 0 N–H and O–H groups in total. The Labute approximate surface area is 337 Å². The fraction of sp³-hybridized carbons (Fsp3) is 0. The molecule has 0 bridgehead atoms. The van der Waals surface area contributed by atoms with E-state index in [1.54, 1.807) is 0 Å². The van der Waals surface area contributed by atoms with E-state index in [1.807, 2.05) is 78.5 Å². The molecule has 1 aliphatic heterocycles. The van der Waals surface area contributed by atoms with Crippen molar-refractivity contribution in [3.8, 4) is 39.9 Å². The maximum absolute atomic E-state index is 7.10. The lowest BCUT2D eigenvalue weighted by molar-refractivity contribution is 0.667. The van der Waals surface area contributed by atoms with Crippen LogP contribution in [0.5, 0.6) is 0 Å². The van der Waals surface area contributed by atoms with E-state index in [0.717, 1.165) is 66.7 Å². The SMILES string of the molecule is c1ccc(-c2nc(-c3ccccc3)nc(-c3cccc4c3oc3c(-n5c6ccccc6c6cc7c(cc65)N(c5ccccc5)c5ccccc5S7)cccc34)n2)cc1. The monoisotopic (exact) mass is 761 g/mol. The van der Waals surface area contributed by atoms with Crippen LogP contribution in [0.3, 0.4) is 0 Å². The number of rotatable bonds is 5. The highest BCUT2D eigenvalue weighted by Gasteiger charge is 2.28. The molecule has 0 unspecified atom stereocenters. The van der Waals surface area contributed by atoms with Gasteiger partial charge in [-0.05, 0) is 54.6 Å². The van der Waals surface area contributed by atoms with E-state index < -0.39 is 0 Å². The van der Waals surface area contributed by atoms with Crippen LogP contribution in [0.25, 0.3) is 83.6 Å². The zero-order chi connectivity index (χ0) is 38.2. The van der Waals surface area contributed by atoms with Crippen LogP contribution in [-0.4, -0.2) is 19.5 Å². The van der Waals surface area contributed by atoms with E-state index in [-0.39, 0.29) is 0 Å². The van der Waals surface area contributed by atoms with Gasteiger partial charge >= 0.3 is 0 Å². The molecule has 0 amide bonds. The molecular formula is C51H31N5OS. The Morgan fingerprint density at radius 2 is 0.983 bits per heavy atom. The predicted molar refractivity (Wildman–Crippen MR) is 237 cm³/mol. The second-order valence-corrected chi connectivity index (χ2v) is 15.5. The summed E-state index contributed by atoms with van der Waals surface area (Å²) >= 11 is 1.83. The Morgan fingerprint density at radius 3 is 1.74 bits per heavy atom. The van der Waals surface area contributed by atoms with E-state index in [1.165, 1.54) is 26.3 Å². The van der Waals surface area contributed by atoms with Gasteiger partial charge < -0.3 is 13.9 Å². The highest BCUT2D eigenvalue weighted by Crippen LogP contribution is 2.53. The van der Waals surface area contributed by atoms with Crippen LogP contribution in [0.2, 0.25) is 0 Å². The molecule has 1 aliphatic rings. The summed E-state index contributed by atoms with van der Waals surface area (Å²) in [7, 11) is 0. The van der Waals surface area contributed by atoms with Crippen LogP contribution in [0.4, 0.5) is 17.1 Å². The average molecular weight is 762 g/mol. The molecule has 272 valence electrons. The third-order valence-electron chi connectivity index (χ3n) is 11.0. The Balaban J connectivity index is 1.10. The number of hydrogen-bond donors (Lipinski definition) is 0. The van der Waals surface area contributed by atoms with Crippen molar-refractivity contribution in [1.82, 2.24) is 19.5 Å². The molecule has 0 aliphatic carbocycles. The van der Waals surface area contributed by atoms with Crippen molar-refractivity contribution in [2.24, 2.45) is 0 Å². The molecule has 0 spiro atoms. The topological polar surface area (TPSA) is 60.0 Å². The smallest absolute Gasteiger partial charge is 0.167 e. The number of furan rings is 1. The van der Waals surface area contributed by atoms with Gasteiger partial charge in [-0.1, -0.05) is 145 Å². The number of hydrogen-bond acceptors (Lipinski definition) is 6. The lowest BCUT2D eigenvalue weighted by Crippen LogP contribution is -2.14. The molecule has 8 aromatic carbocycles. The Kier molecular flexibility index (Phi) is 7.36. The van der Waals surface area contributed by atoms with Gasteiger partial charge in [-0.15, -0.1) is 0 Å². The minimum atomic E-state index is 0.557. The number of anilines is 3. The maximum atomic E-state index is 7.10. The number of para-hydroxylation sites is 5. The fourth-order valence-corrected chi connectivity index (χ4v) is 9.50. The average Bonchev–Trinajstić information content (AvgIpc) is 3.84. The highest BCUT2D eigenvalue weighted by atomic mass is 32.2. The first-order valence-electron chi connectivity index (χ1n) is 19.3. The number of aromatic nitrogens is 4. The van der Waals surface area contributed by atoms with Crippen LogP contribution >= 0.6 is 11.8 Å². The van der Waals surface area contributed by atoms with E-state index in [4.69, 9.17) is 19.4 Å².